The van der Waals surface area contributed by atoms with E-state index in [4.69, 9.17) is 26.2 Å². The number of nitrogens with one attached hydrogen (secondary N) is 1. The molecule has 0 aliphatic heterocycles. The minimum atomic E-state index is 0.0270. The van der Waals surface area contributed by atoms with E-state index in [0.717, 1.165) is 5.56 Å². The van der Waals surface area contributed by atoms with Gasteiger partial charge in [-0.15, -0.1) is 0 Å². The Labute approximate surface area is 106 Å². The number of benzene rings is 1. The van der Waals surface area contributed by atoms with E-state index < -0.39 is 0 Å². The zero-order valence-corrected chi connectivity index (χ0v) is 11.0. The van der Waals surface area contributed by atoms with Crippen molar-refractivity contribution in [3.8, 4) is 11.5 Å². The summed E-state index contributed by atoms with van der Waals surface area (Å²) in [5.74, 6) is 1.14. The van der Waals surface area contributed by atoms with Crippen molar-refractivity contribution in [2.24, 2.45) is 0 Å². The molecule has 0 spiro atoms. The van der Waals surface area contributed by atoms with Gasteiger partial charge < -0.3 is 19.9 Å². The Bertz CT molecular complexity index is 371. The SMILES string of the molecule is COc1ccc(CN[C@H](C)CO)c(Cl)c1OC. The molecule has 17 heavy (non-hydrogen) atoms. The van der Waals surface area contributed by atoms with Crippen LogP contribution in [0.25, 0.3) is 0 Å². The molecule has 1 aromatic rings. The number of ether oxygens (including phenoxy) is 2. The van der Waals surface area contributed by atoms with E-state index in [9.17, 15) is 0 Å². The van der Waals surface area contributed by atoms with Crippen LogP contribution >= 0.6 is 11.6 Å². The fraction of sp³-hybridized carbons (Fsp3) is 0.500. The zero-order valence-electron chi connectivity index (χ0n) is 10.3. The summed E-state index contributed by atoms with van der Waals surface area (Å²) in [7, 11) is 3.12. The molecule has 2 N–H and O–H groups in total. The summed E-state index contributed by atoms with van der Waals surface area (Å²) in [5.41, 5.74) is 0.907. The van der Waals surface area contributed by atoms with E-state index in [1.165, 1.54) is 0 Å². The monoisotopic (exact) mass is 259 g/mol. The molecule has 0 saturated carbocycles. The van der Waals surface area contributed by atoms with Gasteiger partial charge in [0.05, 0.1) is 25.8 Å². The van der Waals surface area contributed by atoms with Gasteiger partial charge in [0.1, 0.15) is 0 Å². The summed E-state index contributed by atoms with van der Waals surface area (Å²) in [5, 5.41) is 12.6. The standard InChI is InChI=1S/C12H18ClNO3/c1-8(7-15)14-6-9-4-5-10(16-2)12(17-3)11(9)13/h4-5,8,14-15H,6-7H2,1-3H3/t8-/m1/s1. The molecule has 0 fully saturated rings. The molecule has 0 amide bonds. The van der Waals surface area contributed by atoms with Gasteiger partial charge in [0.2, 0.25) is 0 Å². The van der Waals surface area contributed by atoms with Crippen LogP contribution in [-0.4, -0.2) is 32.0 Å². The average molecular weight is 260 g/mol. The first-order valence-electron chi connectivity index (χ1n) is 5.37. The Morgan fingerprint density at radius 1 is 1.35 bits per heavy atom. The summed E-state index contributed by atoms with van der Waals surface area (Å²) in [6, 6.07) is 3.71. The van der Waals surface area contributed by atoms with Crippen molar-refractivity contribution in [1.82, 2.24) is 5.32 Å². The van der Waals surface area contributed by atoms with Crippen LogP contribution in [0.5, 0.6) is 11.5 Å². The Hall–Kier alpha value is -0.970. The lowest BCUT2D eigenvalue weighted by Crippen LogP contribution is -2.28. The van der Waals surface area contributed by atoms with Crippen LogP contribution in [0, 0.1) is 0 Å². The van der Waals surface area contributed by atoms with Crippen molar-refractivity contribution in [2.75, 3.05) is 20.8 Å². The van der Waals surface area contributed by atoms with Crippen molar-refractivity contribution in [2.45, 2.75) is 19.5 Å². The maximum absolute atomic E-state index is 8.92. The maximum Gasteiger partial charge on any atom is 0.179 e. The number of aliphatic hydroxyl groups is 1. The van der Waals surface area contributed by atoms with Crippen molar-refractivity contribution in [3.63, 3.8) is 0 Å². The smallest absolute Gasteiger partial charge is 0.179 e. The highest BCUT2D eigenvalue weighted by atomic mass is 35.5. The second-order valence-electron chi connectivity index (χ2n) is 3.74. The van der Waals surface area contributed by atoms with E-state index in [1.54, 1.807) is 14.2 Å². The van der Waals surface area contributed by atoms with Gasteiger partial charge in [-0.2, -0.15) is 0 Å². The molecule has 0 aliphatic rings. The zero-order chi connectivity index (χ0) is 12.8. The van der Waals surface area contributed by atoms with E-state index in [2.05, 4.69) is 5.32 Å². The van der Waals surface area contributed by atoms with Crippen LogP contribution in [0.15, 0.2) is 12.1 Å². The summed E-state index contributed by atoms with van der Waals surface area (Å²) in [6.45, 7) is 2.56. The van der Waals surface area contributed by atoms with E-state index in [0.29, 0.717) is 23.1 Å². The summed E-state index contributed by atoms with van der Waals surface area (Å²) < 4.78 is 10.4. The lowest BCUT2D eigenvalue weighted by Gasteiger charge is -2.15. The van der Waals surface area contributed by atoms with Gasteiger partial charge in [-0.05, 0) is 18.6 Å². The first-order valence-corrected chi connectivity index (χ1v) is 5.75. The summed E-state index contributed by atoms with van der Waals surface area (Å²) in [4.78, 5) is 0. The fourth-order valence-electron chi connectivity index (χ4n) is 1.42. The molecule has 96 valence electrons. The first kappa shape index (κ1) is 14.1. The number of halogens is 1. The molecule has 0 aromatic heterocycles. The lowest BCUT2D eigenvalue weighted by molar-refractivity contribution is 0.251. The first-order chi connectivity index (χ1) is 8.13. The molecule has 0 aliphatic carbocycles. The normalized spacial score (nSPS) is 12.3. The molecule has 0 heterocycles. The maximum atomic E-state index is 8.92. The third-order valence-electron chi connectivity index (χ3n) is 2.48. The molecule has 0 unspecified atom stereocenters. The molecule has 1 atom stereocenters. The topological polar surface area (TPSA) is 50.7 Å². The van der Waals surface area contributed by atoms with Crippen molar-refractivity contribution < 1.29 is 14.6 Å². The average Bonchev–Trinajstić information content (AvgIpc) is 2.36. The van der Waals surface area contributed by atoms with Gasteiger partial charge in [0.15, 0.2) is 11.5 Å². The fourth-order valence-corrected chi connectivity index (χ4v) is 1.72. The molecular weight excluding hydrogens is 242 g/mol. The van der Waals surface area contributed by atoms with Crippen LogP contribution in [0.1, 0.15) is 12.5 Å². The minimum absolute atomic E-state index is 0.0270. The second kappa shape index (κ2) is 6.69. The van der Waals surface area contributed by atoms with Crippen LogP contribution in [-0.2, 0) is 6.54 Å². The van der Waals surface area contributed by atoms with Crippen molar-refractivity contribution in [3.05, 3.63) is 22.7 Å². The molecule has 0 radical (unpaired) electrons. The van der Waals surface area contributed by atoms with Crippen LogP contribution in [0.2, 0.25) is 5.02 Å². The highest BCUT2D eigenvalue weighted by Gasteiger charge is 2.13. The minimum Gasteiger partial charge on any atom is -0.493 e. The third kappa shape index (κ3) is 3.49. The summed E-state index contributed by atoms with van der Waals surface area (Å²) in [6.07, 6.45) is 0. The highest BCUT2D eigenvalue weighted by Crippen LogP contribution is 2.37. The Kier molecular flexibility index (Phi) is 5.55. The molecule has 1 aromatic carbocycles. The molecule has 1 rings (SSSR count). The Balaban J connectivity index is 2.87. The molecule has 0 bridgehead atoms. The summed E-state index contributed by atoms with van der Waals surface area (Å²) >= 11 is 6.21. The van der Waals surface area contributed by atoms with Gasteiger partial charge in [0.25, 0.3) is 0 Å². The van der Waals surface area contributed by atoms with Gasteiger partial charge in [-0.1, -0.05) is 17.7 Å². The molecule has 4 nitrogen and oxygen atoms in total. The van der Waals surface area contributed by atoms with Crippen molar-refractivity contribution in [1.29, 1.82) is 0 Å². The predicted molar refractivity (Wildman–Crippen MR) is 67.9 cm³/mol. The number of aliphatic hydroxyl groups excluding tert-OH is 1. The largest absolute Gasteiger partial charge is 0.493 e. The predicted octanol–water partition coefficient (Wildman–Crippen LogP) is 1.83. The van der Waals surface area contributed by atoms with Crippen LogP contribution in [0.4, 0.5) is 0 Å². The quantitative estimate of drug-likeness (QED) is 0.818. The Morgan fingerprint density at radius 3 is 2.59 bits per heavy atom. The van der Waals surface area contributed by atoms with Crippen LogP contribution in [0.3, 0.4) is 0 Å². The van der Waals surface area contributed by atoms with Crippen LogP contribution < -0.4 is 14.8 Å². The molecule has 0 saturated heterocycles. The van der Waals surface area contributed by atoms with Gasteiger partial charge in [-0.3, -0.25) is 0 Å². The number of hydrogen-bond donors (Lipinski definition) is 2. The number of hydrogen-bond acceptors (Lipinski definition) is 4. The highest BCUT2D eigenvalue weighted by molar-refractivity contribution is 6.33. The van der Waals surface area contributed by atoms with E-state index in [1.807, 2.05) is 19.1 Å². The van der Waals surface area contributed by atoms with Gasteiger partial charge >= 0.3 is 0 Å². The van der Waals surface area contributed by atoms with E-state index >= 15 is 0 Å². The van der Waals surface area contributed by atoms with Gasteiger partial charge in [0, 0.05) is 12.6 Å². The molecule has 5 heteroatoms. The Morgan fingerprint density at radius 2 is 2.06 bits per heavy atom. The van der Waals surface area contributed by atoms with E-state index in [-0.39, 0.29) is 12.6 Å². The number of rotatable bonds is 6. The van der Waals surface area contributed by atoms with Gasteiger partial charge in [-0.25, -0.2) is 0 Å². The van der Waals surface area contributed by atoms with Crippen molar-refractivity contribution >= 4 is 11.6 Å². The number of methoxy groups -OCH3 is 2. The third-order valence-corrected chi connectivity index (χ3v) is 2.89. The molecular formula is C12H18ClNO3. The second-order valence-corrected chi connectivity index (χ2v) is 4.12. The lowest BCUT2D eigenvalue weighted by atomic mass is 10.2.